The molecule has 2 rings (SSSR count). The Hall–Kier alpha value is -0.570. The maximum atomic E-state index is 12.1. The van der Waals surface area contributed by atoms with Gasteiger partial charge >= 0.3 is 0 Å². The zero-order chi connectivity index (χ0) is 11.1. The van der Waals surface area contributed by atoms with Crippen LogP contribution in [0.25, 0.3) is 0 Å². The van der Waals surface area contributed by atoms with E-state index in [0.717, 1.165) is 13.1 Å². The molecular formula is C12H22N2O. The fraction of sp³-hybridized carbons (Fsp3) is 0.917. The van der Waals surface area contributed by atoms with Crippen LogP contribution >= 0.6 is 0 Å². The van der Waals surface area contributed by atoms with Gasteiger partial charge in [-0.05, 0) is 45.1 Å². The zero-order valence-corrected chi connectivity index (χ0v) is 9.97. The van der Waals surface area contributed by atoms with E-state index in [2.05, 4.69) is 31.4 Å². The standard InChI is InChI=1S/C12H22N2O/c1-8-6-13-7-10(8)11(15)14-12(2,3)9-4-5-9/h8-10,13H,4-7H2,1-3H3,(H,14,15). The molecule has 15 heavy (non-hydrogen) atoms. The SMILES string of the molecule is CC1CNCC1C(=O)NC(C)(C)C1CC1. The first-order valence-electron chi connectivity index (χ1n) is 6.03. The molecule has 1 saturated heterocycles. The van der Waals surface area contributed by atoms with Crippen molar-refractivity contribution < 1.29 is 4.79 Å². The second-order valence-corrected chi connectivity index (χ2v) is 5.73. The average Bonchev–Trinajstić information content (AvgIpc) is 2.89. The van der Waals surface area contributed by atoms with Crippen LogP contribution in [-0.4, -0.2) is 24.5 Å². The highest BCUT2D eigenvalue weighted by Gasteiger charge is 2.40. The molecule has 0 spiro atoms. The van der Waals surface area contributed by atoms with Crippen LogP contribution in [0, 0.1) is 17.8 Å². The maximum Gasteiger partial charge on any atom is 0.225 e. The number of amides is 1. The Morgan fingerprint density at radius 2 is 2.00 bits per heavy atom. The summed E-state index contributed by atoms with van der Waals surface area (Å²) in [4.78, 5) is 12.1. The Balaban J connectivity index is 1.90. The van der Waals surface area contributed by atoms with E-state index >= 15 is 0 Å². The Kier molecular flexibility index (Phi) is 2.75. The second-order valence-electron chi connectivity index (χ2n) is 5.73. The van der Waals surface area contributed by atoms with Crippen molar-refractivity contribution in [3.05, 3.63) is 0 Å². The van der Waals surface area contributed by atoms with Crippen molar-refractivity contribution in [2.24, 2.45) is 17.8 Å². The first kappa shape index (κ1) is 10.9. The van der Waals surface area contributed by atoms with E-state index in [-0.39, 0.29) is 17.4 Å². The lowest BCUT2D eigenvalue weighted by Crippen LogP contribution is -2.48. The molecule has 2 aliphatic rings. The number of hydrogen-bond donors (Lipinski definition) is 2. The normalized spacial score (nSPS) is 31.7. The molecule has 3 nitrogen and oxygen atoms in total. The molecule has 0 aromatic heterocycles. The molecule has 1 amide bonds. The van der Waals surface area contributed by atoms with Gasteiger partial charge < -0.3 is 10.6 Å². The Labute approximate surface area is 92.0 Å². The summed E-state index contributed by atoms with van der Waals surface area (Å²) >= 11 is 0. The number of carbonyl (C=O) groups is 1. The molecule has 1 aliphatic heterocycles. The quantitative estimate of drug-likeness (QED) is 0.733. The van der Waals surface area contributed by atoms with Crippen LogP contribution in [0.2, 0.25) is 0 Å². The topological polar surface area (TPSA) is 41.1 Å². The van der Waals surface area contributed by atoms with E-state index in [9.17, 15) is 4.79 Å². The summed E-state index contributed by atoms with van der Waals surface area (Å²) < 4.78 is 0. The van der Waals surface area contributed by atoms with Gasteiger partial charge in [0.1, 0.15) is 0 Å². The molecule has 0 aromatic carbocycles. The van der Waals surface area contributed by atoms with Gasteiger partial charge in [-0.15, -0.1) is 0 Å². The minimum absolute atomic E-state index is 0.000602. The molecule has 1 saturated carbocycles. The number of rotatable bonds is 3. The van der Waals surface area contributed by atoms with Gasteiger partial charge in [-0.25, -0.2) is 0 Å². The van der Waals surface area contributed by atoms with Crippen molar-refractivity contribution in [2.45, 2.75) is 39.2 Å². The predicted molar refractivity (Wildman–Crippen MR) is 60.5 cm³/mol. The molecule has 1 aliphatic carbocycles. The van der Waals surface area contributed by atoms with Crippen LogP contribution in [0.15, 0.2) is 0 Å². The summed E-state index contributed by atoms with van der Waals surface area (Å²) in [5.41, 5.74) is -0.000602. The molecular weight excluding hydrogens is 188 g/mol. The summed E-state index contributed by atoms with van der Waals surface area (Å²) in [6, 6.07) is 0. The van der Waals surface area contributed by atoms with Gasteiger partial charge in [0.25, 0.3) is 0 Å². The van der Waals surface area contributed by atoms with Gasteiger partial charge in [0.15, 0.2) is 0 Å². The van der Waals surface area contributed by atoms with E-state index in [1.54, 1.807) is 0 Å². The van der Waals surface area contributed by atoms with Crippen LogP contribution in [0.3, 0.4) is 0 Å². The van der Waals surface area contributed by atoms with Crippen LogP contribution in [0.1, 0.15) is 33.6 Å². The maximum absolute atomic E-state index is 12.1. The van der Waals surface area contributed by atoms with Gasteiger partial charge in [0.05, 0.1) is 5.92 Å². The van der Waals surface area contributed by atoms with E-state index < -0.39 is 0 Å². The summed E-state index contributed by atoms with van der Waals surface area (Å²) in [6.45, 7) is 8.26. The third kappa shape index (κ3) is 2.33. The molecule has 1 heterocycles. The van der Waals surface area contributed by atoms with E-state index in [1.807, 2.05) is 0 Å². The zero-order valence-electron chi connectivity index (χ0n) is 9.97. The minimum Gasteiger partial charge on any atom is -0.351 e. The first-order valence-corrected chi connectivity index (χ1v) is 6.03. The second kappa shape index (κ2) is 3.78. The van der Waals surface area contributed by atoms with Crippen LogP contribution in [-0.2, 0) is 4.79 Å². The molecule has 0 radical (unpaired) electrons. The summed E-state index contributed by atoms with van der Waals surface area (Å²) in [5.74, 6) is 1.58. The largest absolute Gasteiger partial charge is 0.351 e. The Morgan fingerprint density at radius 1 is 1.33 bits per heavy atom. The van der Waals surface area contributed by atoms with Crippen LogP contribution < -0.4 is 10.6 Å². The number of carbonyl (C=O) groups excluding carboxylic acids is 1. The van der Waals surface area contributed by atoms with E-state index in [1.165, 1.54) is 12.8 Å². The fourth-order valence-corrected chi connectivity index (χ4v) is 2.48. The number of hydrogen-bond acceptors (Lipinski definition) is 2. The molecule has 2 N–H and O–H groups in total. The summed E-state index contributed by atoms with van der Waals surface area (Å²) in [7, 11) is 0. The molecule has 2 atom stereocenters. The van der Waals surface area contributed by atoms with Crippen molar-refractivity contribution in [1.82, 2.24) is 10.6 Å². The Morgan fingerprint density at radius 3 is 2.47 bits per heavy atom. The number of nitrogens with one attached hydrogen (secondary N) is 2. The van der Waals surface area contributed by atoms with Crippen molar-refractivity contribution in [3.63, 3.8) is 0 Å². The third-order valence-corrected chi connectivity index (χ3v) is 3.90. The summed E-state index contributed by atoms with van der Waals surface area (Å²) in [6.07, 6.45) is 2.54. The highest BCUT2D eigenvalue weighted by molar-refractivity contribution is 5.80. The van der Waals surface area contributed by atoms with Crippen molar-refractivity contribution in [3.8, 4) is 0 Å². The van der Waals surface area contributed by atoms with Gasteiger partial charge in [0.2, 0.25) is 5.91 Å². The van der Waals surface area contributed by atoms with Crippen molar-refractivity contribution >= 4 is 5.91 Å². The lowest BCUT2D eigenvalue weighted by molar-refractivity contribution is -0.127. The third-order valence-electron chi connectivity index (χ3n) is 3.90. The van der Waals surface area contributed by atoms with Gasteiger partial charge in [-0.1, -0.05) is 6.92 Å². The molecule has 0 bridgehead atoms. The minimum atomic E-state index is -0.000602. The fourth-order valence-electron chi connectivity index (χ4n) is 2.48. The van der Waals surface area contributed by atoms with E-state index in [4.69, 9.17) is 0 Å². The monoisotopic (exact) mass is 210 g/mol. The Bertz CT molecular complexity index is 258. The molecule has 86 valence electrons. The smallest absolute Gasteiger partial charge is 0.225 e. The molecule has 0 aromatic rings. The van der Waals surface area contributed by atoms with Gasteiger partial charge in [0, 0.05) is 12.1 Å². The van der Waals surface area contributed by atoms with E-state index in [0.29, 0.717) is 11.8 Å². The molecule has 2 fully saturated rings. The summed E-state index contributed by atoms with van der Waals surface area (Å²) in [5, 5.41) is 6.48. The predicted octanol–water partition coefficient (Wildman–Crippen LogP) is 1.15. The van der Waals surface area contributed by atoms with Crippen molar-refractivity contribution in [2.75, 3.05) is 13.1 Å². The van der Waals surface area contributed by atoms with Gasteiger partial charge in [-0.3, -0.25) is 4.79 Å². The lowest BCUT2D eigenvalue weighted by Gasteiger charge is -2.28. The van der Waals surface area contributed by atoms with Crippen molar-refractivity contribution in [1.29, 1.82) is 0 Å². The average molecular weight is 210 g/mol. The molecule has 3 heteroatoms. The highest BCUT2D eigenvalue weighted by Crippen LogP contribution is 2.39. The van der Waals surface area contributed by atoms with Crippen LogP contribution in [0.4, 0.5) is 0 Å². The molecule has 2 unspecified atom stereocenters. The van der Waals surface area contributed by atoms with Gasteiger partial charge in [-0.2, -0.15) is 0 Å². The van der Waals surface area contributed by atoms with Crippen LogP contribution in [0.5, 0.6) is 0 Å². The lowest BCUT2D eigenvalue weighted by atomic mass is 9.93. The first-order chi connectivity index (χ1) is 7.00. The highest BCUT2D eigenvalue weighted by atomic mass is 16.2.